The van der Waals surface area contributed by atoms with E-state index >= 15 is 0 Å². The van der Waals surface area contributed by atoms with Gasteiger partial charge < -0.3 is 15.4 Å². The largest absolute Gasteiger partial charge is 0.423 e. The van der Waals surface area contributed by atoms with Gasteiger partial charge in [0.05, 0.1) is 17.5 Å². The number of fused-ring (bicyclic) bond motifs is 1. The monoisotopic (exact) mass is 626 g/mol. The lowest BCUT2D eigenvalue weighted by atomic mass is 9.91. The molecule has 0 spiro atoms. The fourth-order valence-electron chi connectivity index (χ4n) is 5.09. The molecule has 2 amide bonds. The predicted molar refractivity (Wildman–Crippen MR) is 156 cm³/mol. The Balaban J connectivity index is 1.36. The summed E-state index contributed by atoms with van der Waals surface area (Å²) >= 11 is 12.2. The number of nitrogens with two attached hydrogens (primary N) is 1. The maximum Gasteiger partial charge on any atom is 0.416 e. The summed E-state index contributed by atoms with van der Waals surface area (Å²) in [6, 6.07) is 19.4. The van der Waals surface area contributed by atoms with E-state index in [1.54, 1.807) is 42.5 Å². The highest BCUT2D eigenvalue weighted by Crippen LogP contribution is 2.35. The number of ether oxygens (including phenoxy) is 1. The summed E-state index contributed by atoms with van der Waals surface area (Å²) in [7, 11) is 0. The molecule has 1 atom stereocenters. The van der Waals surface area contributed by atoms with Gasteiger partial charge in [-0.2, -0.15) is 13.2 Å². The lowest BCUT2D eigenvalue weighted by Crippen LogP contribution is -2.46. The first-order chi connectivity index (χ1) is 20.4. The van der Waals surface area contributed by atoms with Crippen molar-refractivity contribution in [3.05, 3.63) is 123 Å². The number of carbonyl (C=O) groups excluding carboxylic acids is 3. The van der Waals surface area contributed by atoms with Crippen LogP contribution in [-0.2, 0) is 28.6 Å². The number of benzene rings is 4. The van der Waals surface area contributed by atoms with Gasteiger partial charge in [-0.3, -0.25) is 9.59 Å². The Hall–Kier alpha value is -4.34. The number of carbonyl (C=O) groups is 3. The Kier molecular flexibility index (Phi) is 8.48. The van der Waals surface area contributed by atoms with E-state index in [0.29, 0.717) is 44.3 Å². The normalized spacial score (nSPS) is 14.6. The second-order valence-electron chi connectivity index (χ2n) is 9.93. The van der Waals surface area contributed by atoms with Crippen LogP contribution < -0.4 is 10.5 Å². The SMILES string of the molecule is NC(=O)C1c2ccc(OC(=O)c3ccccc3-c3ccc(C(F)(F)F)cc3)cc2CCN1C(=O)Cc1ccc(Cl)cc1Cl. The Morgan fingerprint density at radius 3 is 2.33 bits per heavy atom. The average Bonchev–Trinajstić information content (AvgIpc) is 2.97. The number of hydrogen-bond acceptors (Lipinski definition) is 4. The summed E-state index contributed by atoms with van der Waals surface area (Å²) in [4.78, 5) is 40.3. The minimum absolute atomic E-state index is 0.0524. The number of halogens is 5. The molecule has 220 valence electrons. The Morgan fingerprint density at radius 1 is 0.930 bits per heavy atom. The number of nitrogens with zero attached hydrogens (tertiary/aromatic N) is 1. The summed E-state index contributed by atoms with van der Waals surface area (Å²) in [5, 5.41) is 0.767. The van der Waals surface area contributed by atoms with Crippen molar-refractivity contribution in [3.63, 3.8) is 0 Å². The number of amides is 2. The second kappa shape index (κ2) is 12.1. The molecule has 0 bridgehead atoms. The minimum atomic E-state index is -4.48. The third-order valence-electron chi connectivity index (χ3n) is 7.17. The van der Waals surface area contributed by atoms with Gasteiger partial charge in [0.1, 0.15) is 11.8 Å². The third-order valence-corrected chi connectivity index (χ3v) is 7.76. The van der Waals surface area contributed by atoms with E-state index in [0.717, 1.165) is 12.1 Å². The highest BCUT2D eigenvalue weighted by molar-refractivity contribution is 6.35. The van der Waals surface area contributed by atoms with E-state index in [1.165, 1.54) is 35.2 Å². The Bertz CT molecular complexity index is 1720. The first-order valence-electron chi connectivity index (χ1n) is 13.1. The molecule has 11 heteroatoms. The van der Waals surface area contributed by atoms with E-state index in [-0.39, 0.29) is 30.2 Å². The van der Waals surface area contributed by atoms with Crippen LogP contribution in [0.1, 0.15) is 38.7 Å². The summed E-state index contributed by atoms with van der Waals surface area (Å²) in [5.74, 6) is -1.57. The summed E-state index contributed by atoms with van der Waals surface area (Å²) in [6.45, 7) is 0.193. The lowest BCUT2D eigenvalue weighted by molar-refractivity contribution is -0.139. The van der Waals surface area contributed by atoms with E-state index in [4.69, 9.17) is 33.7 Å². The summed E-state index contributed by atoms with van der Waals surface area (Å²) in [6.07, 6.45) is -4.17. The number of primary amides is 1. The van der Waals surface area contributed by atoms with E-state index in [2.05, 4.69) is 0 Å². The molecular weight excluding hydrogens is 604 g/mol. The maximum atomic E-state index is 13.2. The zero-order valence-corrected chi connectivity index (χ0v) is 23.8. The van der Waals surface area contributed by atoms with Gasteiger partial charge in [-0.15, -0.1) is 0 Å². The smallest absolute Gasteiger partial charge is 0.416 e. The maximum absolute atomic E-state index is 13.2. The van der Waals surface area contributed by atoms with E-state index < -0.39 is 29.7 Å². The molecule has 0 aliphatic carbocycles. The van der Waals surface area contributed by atoms with Crippen LogP contribution in [-0.4, -0.2) is 29.2 Å². The molecule has 6 nitrogen and oxygen atoms in total. The van der Waals surface area contributed by atoms with Crippen molar-refractivity contribution in [2.24, 2.45) is 5.73 Å². The number of alkyl halides is 3. The van der Waals surface area contributed by atoms with Gasteiger partial charge in [-0.05, 0) is 76.7 Å². The molecule has 1 unspecified atom stereocenters. The molecule has 0 aromatic heterocycles. The molecule has 0 saturated carbocycles. The molecule has 1 aliphatic rings. The van der Waals surface area contributed by atoms with Crippen molar-refractivity contribution in [3.8, 4) is 16.9 Å². The minimum Gasteiger partial charge on any atom is -0.423 e. The van der Waals surface area contributed by atoms with Crippen LogP contribution in [0.15, 0.2) is 84.9 Å². The van der Waals surface area contributed by atoms with Gasteiger partial charge in [0.15, 0.2) is 0 Å². The third kappa shape index (κ3) is 6.53. The second-order valence-corrected chi connectivity index (χ2v) is 10.8. The molecule has 2 N–H and O–H groups in total. The van der Waals surface area contributed by atoms with Crippen LogP contribution in [0.3, 0.4) is 0 Å². The quantitative estimate of drug-likeness (QED) is 0.183. The predicted octanol–water partition coefficient (Wildman–Crippen LogP) is 7.05. The van der Waals surface area contributed by atoms with Crippen LogP contribution >= 0.6 is 23.2 Å². The first-order valence-corrected chi connectivity index (χ1v) is 13.8. The standard InChI is InChI=1S/C32H23Cl2F3N2O4/c33-22-10-7-20(27(34)17-22)16-28(40)39-14-13-19-15-23(11-12-25(19)29(39)30(38)41)43-31(42)26-4-2-1-3-24(26)18-5-8-21(9-6-18)32(35,36)37/h1-12,15,17,29H,13-14,16H2,(H2,38,41). The molecule has 0 radical (unpaired) electrons. The average molecular weight is 627 g/mol. The van der Waals surface area contributed by atoms with Crippen LogP contribution in [0.2, 0.25) is 10.0 Å². The van der Waals surface area contributed by atoms with Gasteiger partial charge in [-0.1, -0.05) is 65.7 Å². The first kappa shape index (κ1) is 30.1. The molecule has 4 aromatic rings. The zero-order valence-electron chi connectivity index (χ0n) is 22.3. The van der Waals surface area contributed by atoms with Crippen LogP contribution in [0, 0.1) is 0 Å². The van der Waals surface area contributed by atoms with Gasteiger partial charge in [0.2, 0.25) is 11.8 Å². The van der Waals surface area contributed by atoms with Crippen molar-refractivity contribution in [1.82, 2.24) is 4.90 Å². The van der Waals surface area contributed by atoms with Crippen LogP contribution in [0.4, 0.5) is 13.2 Å². The fraction of sp³-hybridized carbons (Fsp3) is 0.156. The Morgan fingerprint density at radius 2 is 1.65 bits per heavy atom. The van der Waals surface area contributed by atoms with Gasteiger partial charge >= 0.3 is 12.1 Å². The molecule has 5 rings (SSSR count). The summed E-state index contributed by atoms with van der Waals surface area (Å²) in [5.41, 5.74) is 7.67. The lowest BCUT2D eigenvalue weighted by Gasteiger charge is -2.35. The van der Waals surface area contributed by atoms with Gasteiger partial charge in [-0.25, -0.2) is 4.79 Å². The molecule has 1 heterocycles. The molecule has 0 saturated heterocycles. The fourth-order valence-corrected chi connectivity index (χ4v) is 5.56. The zero-order chi connectivity index (χ0) is 30.9. The van der Waals surface area contributed by atoms with E-state index in [9.17, 15) is 27.6 Å². The van der Waals surface area contributed by atoms with Crippen molar-refractivity contribution < 1.29 is 32.3 Å². The van der Waals surface area contributed by atoms with Crippen LogP contribution in [0.25, 0.3) is 11.1 Å². The highest BCUT2D eigenvalue weighted by atomic mass is 35.5. The molecule has 0 fully saturated rings. The van der Waals surface area contributed by atoms with Crippen molar-refractivity contribution in [1.29, 1.82) is 0 Å². The number of esters is 1. The van der Waals surface area contributed by atoms with Gasteiger partial charge in [0, 0.05) is 16.6 Å². The van der Waals surface area contributed by atoms with Crippen molar-refractivity contribution >= 4 is 41.0 Å². The van der Waals surface area contributed by atoms with Crippen LogP contribution in [0.5, 0.6) is 5.75 Å². The molecule has 4 aromatic carbocycles. The van der Waals surface area contributed by atoms with E-state index in [1.807, 2.05) is 0 Å². The summed E-state index contributed by atoms with van der Waals surface area (Å²) < 4.78 is 44.7. The molecule has 1 aliphatic heterocycles. The highest BCUT2D eigenvalue weighted by Gasteiger charge is 2.35. The topological polar surface area (TPSA) is 89.7 Å². The van der Waals surface area contributed by atoms with Gasteiger partial charge in [0.25, 0.3) is 0 Å². The molecular formula is C32H23Cl2F3N2O4. The number of hydrogen-bond donors (Lipinski definition) is 1. The molecule has 43 heavy (non-hydrogen) atoms. The number of rotatable bonds is 6. The van der Waals surface area contributed by atoms with Crippen molar-refractivity contribution in [2.75, 3.05) is 6.54 Å². The van der Waals surface area contributed by atoms with Crippen molar-refractivity contribution in [2.45, 2.75) is 25.1 Å². The Labute approximate surface area is 254 Å².